The first-order valence-electron chi connectivity index (χ1n) is 10.2. The summed E-state index contributed by atoms with van der Waals surface area (Å²) >= 11 is 1.31. The molecule has 1 amide bonds. The van der Waals surface area contributed by atoms with E-state index in [0.717, 1.165) is 21.7 Å². The van der Waals surface area contributed by atoms with Crippen molar-refractivity contribution >= 4 is 22.9 Å². The Morgan fingerprint density at radius 1 is 1.12 bits per heavy atom. The molecule has 0 spiro atoms. The van der Waals surface area contributed by atoms with Crippen LogP contribution in [0.15, 0.2) is 72.9 Å². The van der Waals surface area contributed by atoms with E-state index in [4.69, 9.17) is 10.00 Å². The fourth-order valence-electron chi connectivity index (χ4n) is 3.22. The number of nitrogens with zero attached hydrogens (tertiary/aromatic N) is 2. The Balaban J connectivity index is 1.36. The normalized spacial score (nSPS) is 10.5. The van der Waals surface area contributed by atoms with Gasteiger partial charge in [-0.3, -0.25) is 4.79 Å². The maximum atomic E-state index is 13.1. The topological polar surface area (TPSA) is 75.0 Å². The monoisotopic (exact) mass is 457 g/mol. The van der Waals surface area contributed by atoms with Gasteiger partial charge in [-0.25, -0.2) is 9.37 Å². The molecule has 0 unspecified atom stereocenters. The molecule has 0 radical (unpaired) electrons. The summed E-state index contributed by atoms with van der Waals surface area (Å²) < 4.78 is 18.9. The largest absolute Gasteiger partial charge is 0.489 e. The van der Waals surface area contributed by atoms with Crippen molar-refractivity contribution in [1.29, 1.82) is 5.26 Å². The number of rotatable bonds is 7. The van der Waals surface area contributed by atoms with Crippen LogP contribution in [0.5, 0.6) is 5.75 Å². The standard InChI is InChI=1S/C26H20FN3O2S/c1-17-11-22(32-16-20-4-2-3-19(12-20)14-28)9-10-23(17)30-26(31)24-15-29-25(33-24)13-18-5-7-21(27)8-6-18/h2-12,15H,13,16H2,1H3,(H,30,31). The van der Waals surface area contributed by atoms with Crippen molar-refractivity contribution < 1.29 is 13.9 Å². The predicted molar refractivity (Wildman–Crippen MR) is 126 cm³/mol. The molecule has 7 heteroatoms. The zero-order chi connectivity index (χ0) is 23.2. The number of nitrogens with one attached hydrogen (secondary N) is 1. The number of ether oxygens (including phenoxy) is 1. The van der Waals surface area contributed by atoms with Crippen LogP contribution in [0.3, 0.4) is 0 Å². The van der Waals surface area contributed by atoms with Crippen molar-refractivity contribution in [3.05, 3.63) is 111 Å². The van der Waals surface area contributed by atoms with Crippen molar-refractivity contribution in [3.63, 3.8) is 0 Å². The molecule has 0 atom stereocenters. The first kappa shape index (κ1) is 22.2. The third-order valence-electron chi connectivity index (χ3n) is 4.95. The van der Waals surface area contributed by atoms with E-state index in [9.17, 15) is 9.18 Å². The molecule has 4 aromatic rings. The van der Waals surface area contributed by atoms with Gasteiger partial charge in [-0.05, 0) is 66.1 Å². The molecule has 5 nitrogen and oxygen atoms in total. The SMILES string of the molecule is Cc1cc(OCc2cccc(C#N)c2)ccc1NC(=O)c1cnc(Cc2ccc(F)cc2)s1. The summed E-state index contributed by atoms with van der Waals surface area (Å²) in [7, 11) is 0. The zero-order valence-corrected chi connectivity index (χ0v) is 18.7. The fourth-order valence-corrected chi connectivity index (χ4v) is 4.07. The Kier molecular flexibility index (Phi) is 6.77. The van der Waals surface area contributed by atoms with Gasteiger partial charge in [0.05, 0.1) is 22.8 Å². The molecular weight excluding hydrogens is 437 g/mol. The second kappa shape index (κ2) is 10.1. The van der Waals surface area contributed by atoms with E-state index in [0.29, 0.717) is 34.9 Å². The van der Waals surface area contributed by atoms with Crippen LogP contribution in [0.1, 0.15) is 36.9 Å². The highest BCUT2D eigenvalue weighted by molar-refractivity contribution is 7.13. The lowest BCUT2D eigenvalue weighted by atomic mass is 10.1. The van der Waals surface area contributed by atoms with E-state index in [-0.39, 0.29) is 11.7 Å². The van der Waals surface area contributed by atoms with Crippen LogP contribution < -0.4 is 10.1 Å². The summed E-state index contributed by atoms with van der Waals surface area (Å²) in [6.45, 7) is 2.24. The van der Waals surface area contributed by atoms with E-state index < -0.39 is 0 Å². The molecule has 1 heterocycles. The maximum absolute atomic E-state index is 13.1. The number of anilines is 1. The molecule has 33 heavy (non-hydrogen) atoms. The summed E-state index contributed by atoms with van der Waals surface area (Å²) in [5.41, 5.74) is 3.98. The number of nitriles is 1. The van der Waals surface area contributed by atoms with Crippen LogP contribution in [0.4, 0.5) is 10.1 Å². The third kappa shape index (κ3) is 5.82. The van der Waals surface area contributed by atoms with Crippen molar-refractivity contribution in [2.45, 2.75) is 20.0 Å². The van der Waals surface area contributed by atoms with E-state index in [1.54, 1.807) is 42.6 Å². The quantitative estimate of drug-likeness (QED) is 0.376. The highest BCUT2D eigenvalue weighted by Crippen LogP contribution is 2.24. The average Bonchev–Trinajstić information content (AvgIpc) is 3.29. The highest BCUT2D eigenvalue weighted by atomic mass is 32.1. The molecule has 0 aliphatic carbocycles. The molecule has 0 fully saturated rings. The van der Waals surface area contributed by atoms with Gasteiger partial charge in [0.25, 0.3) is 5.91 Å². The third-order valence-corrected chi connectivity index (χ3v) is 5.95. The molecule has 4 rings (SSSR count). The van der Waals surface area contributed by atoms with Crippen molar-refractivity contribution in [2.24, 2.45) is 0 Å². The van der Waals surface area contributed by atoms with Gasteiger partial charge in [-0.2, -0.15) is 5.26 Å². The van der Waals surface area contributed by atoms with E-state index in [1.165, 1.54) is 23.5 Å². The number of carbonyl (C=O) groups excluding carboxylic acids is 1. The Hall–Kier alpha value is -4.02. The minimum atomic E-state index is -0.280. The summed E-state index contributed by atoms with van der Waals surface area (Å²) in [6, 6.07) is 21.1. The van der Waals surface area contributed by atoms with E-state index in [2.05, 4.69) is 16.4 Å². The molecular formula is C26H20FN3O2S. The molecule has 1 N–H and O–H groups in total. The number of carbonyl (C=O) groups is 1. The van der Waals surface area contributed by atoms with Gasteiger partial charge in [-0.15, -0.1) is 11.3 Å². The second-order valence-corrected chi connectivity index (χ2v) is 8.57. The lowest BCUT2D eigenvalue weighted by Crippen LogP contribution is -2.11. The number of aryl methyl sites for hydroxylation is 1. The van der Waals surface area contributed by atoms with E-state index >= 15 is 0 Å². The first-order chi connectivity index (χ1) is 16.0. The van der Waals surface area contributed by atoms with Crippen LogP contribution in [0, 0.1) is 24.1 Å². The van der Waals surface area contributed by atoms with Crippen LogP contribution >= 0.6 is 11.3 Å². The van der Waals surface area contributed by atoms with Gasteiger partial charge >= 0.3 is 0 Å². The van der Waals surface area contributed by atoms with Crippen molar-refractivity contribution in [1.82, 2.24) is 4.98 Å². The highest BCUT2D eigenvalue weighted by Gasteiger charge is 2.13. The maximum Gasteiger partial charge on any atom is 0.267 e. The smallest absolute Gasteiger partial charge is 0.267 e. The number of amides is 1. The molecule has 0 aliphatic heterocycles. The number of benzene rings is 3. The Bertz CT molecular complexity index is 1330. The van der Waals surface area contributed by atoms with Crippen LogP contribution in [0.25, 0.3) is 0 Å². The lowest BCUT2D eigenvalue weighted by molar-refractivity contribution is 0.103. The van der Waals surface area contributed by atoms with Gasteiger partial charge < -0.3 is 10.1 Å². The molecule has 0 saturated carbocycles. The van der Waals surface area contributed by atoms with Crippen LogP contribution in [-0.4, -0.2) is 10.9 Å². The van der Waals surface area contributed by atoms with E-state index in [1.807, 2.05) is 25.1 Å². The molecule has 164 valence electrons. The molecule has 0 aliphatic rings. The van der Waals surface area contributed by atoms with Gasteiger partial charge in [0, 0.05) is 12.1 Å². The van der Waals surface area contributed by atoms with Gasteiger partial charge in [0.15, 0.2) is 0 Å². The van der Waals surface area contributed by atoms with Gasteiger partial charge in [-0.1, -0.05) is 24.3 Å². The molecule has 1 aromatic heterocycles. The second-order valence-electron chi connectivity index (χ2n) is 7.45. The van der Waals surface area contributed by atoms with Crippen LogP contribution in [0.2, 0.25) is 0 Å². The van der Waals surface area contributed by atoms with Gasteiger partial charge in [0.1, 0.15) is 23.1 Å². The summed E-state index contributed by atoms with van der Waals surface area (Å²) in [5, 5.41) is 12.7. The molecule has 0 saturated heterocycles. The average molecular weight is 458 g/mol. The number of hydrogen-bond acceptors (Lipinski definition) is 5. The Morgan fingerprint density at radius 2 is 1.94 bits per heavy atom. The number of hydrogen-bond donors (Lipinski definition) is 1. The number of halogens is 1. The zero-order valence-electron chi connectivity index (χ0n) is 17.8. The number of aromatic nitrogens is 1. The summed E-state index contributed by atoms with van der Waals surface area (Å²) in [5.74, 6) is 0.160. The fraction of sp³-hybridized carbons (Fsp3) is 0.115. The van der Waals surface area contributed by atoms with Crippen molar-refractivity contribution in [2.75, 3.05) is 5.32 Å². The lowest BCUT2D eigenvalue weighted by Gasteiger charge is -2.11. The van der Waals surface area contributed by atoms with Crippen molar-refractivity contribution in [3.8, 4) is 11.8 Å². The molecule has 0 bridgehead atoms. The predicted octanol–water partition coefficient (Wildman–Crippen LogP) is 5.88. The number of thiazole rings is 1. The minimum Gasteiger partial charge on any atom is -0.489 e. The van der Waals surface area contributed by atoms with Crippen LogP contribution in [-0.2, 0) is 13.0 Å². The Labute approximate surface area is 195 Å². The first-order valence-corrected chi connectivity index (χ1v) is 11.0. The Morgan fingerprint density at radius 3 is 2.70 bits per heavy atom. The molecule has 3 aromatic carbocycles. The summed E-state index contributed by atoms with van der Waals surface area (Å²) in [6.07, 6.45) is 2.10. The minimum absolute atomic E-state index is 0.233. The van der Waals surface area contributed by atoms with Gasteiger partial charge in [0.2, 0.25) is 0 Å². The summed E-state index contributed by atoms with van der Waals surface area (Å²) in [4.78, 5) is 17.5.